The lowest BCUT2D eigenvalue weighted by atomic mass is 10.2. The molecule has 2 aromatic rings. The standard InChI is InChI=1S/C16H11BrN2O/c17-13-8-9-15-12(10-13)11-18-19(16(15)20)14-6-4-2-1-3-5-7-14/h1-11H/b2-1-,3-1?,4-2?,5-3-,6-4-,7-5?,14-6?,14-7+. The van der Waals surface area contributed by atoms with Gasteiger partial charge in [0.05, 0.1) is 17.3 Å². The molecule has 0 saturated heterocycles. The molecule has 0 saturated carbocycles. The molecule has 4 heteroatoms. The number of benzene rings is 1. The molecule has 1 aromatic carbocycles. The second-order valence-electron chi connectivity index (χ2n) is 4.31. The minimum absolute atomic E-state index is 0.121. The van der Waals surface area contributed by atoms with Crippen LogP contribution in [-0.4, -0.2) is 9.78 Å². The highest BCUT2D eigenvalue weighted by molar-refractivity contribution is 9.10. The summed E-state index contributed by atoms with van der Waals surface area (Å²) in [6.07, 6.45) is 14.9. The molecule has 0 fully saturated rings. The summed E-state index contributed by atoms with van der Waals surface area (Å²) < 4.78 is 2.35. The van der Waals surface area contributed by atoms with E-state index in [0.29, 0.717) is 5.39 Å². The topological polar surface area (TPSA) is 34.9 Å². The summed E-state index contributed by atoms with van der Waals surface area (Å²) in [4.78, 5) is 12.5. The van der Waals surface area contributed by atoms with Crippen molar-refractivity contribution >= 4 is 32.4 Å². The molecule has 0 radical (unpaired) electrons. The molecule has 0 unspecified atom stereocenters. The molecule has 3 rings (SSSR count). The second-order valence-corrected chi connectivity index (χ2v) is 5.23. The van der Waals surface area contributed by atoms with E-state index in [-0.39, 0.29) is 5.56 Å². The van der Waals surface area contributed by atoms with Gasteiger partial charge in [-0.1, -0.05) is 46.3 Å². The van der Waals surface area contributed by atoms with Gasteiger partial charge in [-0.2, -0.15) is 9.78 Å². The van der Waals surface area contributed by atoms with Gasteiger partial charge in [-0.15, -0.1) is 0 Å². The Morgan fingerprint density at radius 3 is 2.75 bits per heavy atom. The minimum atomic E-state index is -0.121. The lowest BCUT2D eigenvalue weighted by Crippen LogP contribution is -2.21. The van der Waals surface area contributed by atoms with Gasteiger partial charge >= 0.3 is 0 Å². The van der Waals surface area contributed by atoms with Gasteiger partial charge in [0.2, 0.25) is 0 Å². The number of hydrogen-bond acceptors (Lipinski definition) is 2. The Bertz CT molecular complexity index is 841. The van der Waals surface area contributed by atoms with Crippen LogP contribution in [0.2, 0.25) is 0 Å². The summed E-state index contributed by atoms with van der Waals surface area (Å²) in [5, 5.41) is 5.73. The number of allylic oxidation sites excluding steroid dienone is 8. The Hall–Kier alpha value is -2.20. The predicted octanol–water partition coefficient (Wildman–Crippen LogP) is 3.68. The molecule has 20 heavy (non-hydrogen) atoms. The van der Waals surface area contributed by atoms with Crippen molar-refractivity contribution in [3.05, 3.63) is 81.8 Å². The Morgan fingerprint density at radius 2 is 1.85 bits per heavy atom. The van der Waals surface area contributed by atoms with E-state index in [9.17, 15) is 4.79 Å². The molecule has 0 aliphatic heterocycles. The molecule has 1 heterocycles. The van der Waals surface area contributed by atoms with Gasteiger partial charge in [0, 0.05) is 9.86 Å². The summed E-state index contributed by atoms with van der Waals surface area (Å²) in [7, 11) is 0. The molecule has 98 valence electrons. The molecule has 0 N–H and O–H groups in total. The van der Waals surface area contributed by atoms with Crippen LogP contribution >= 0.6 is 15.9 Å². The first-order chi connectivity index (χ1) is 9.75. The average molecular weight is 327 g/mol. The first-order valence-electron chi connectivity index (χ1n) is 6.15. The number of rotatable bonds is 1. The van der Waals surface area contributed by atoms with Crippen LogP contribution in [0.1, 0.15) is 0 Å². The maximum Gasteiger partial charge on any atom is 0.279 e. The van der Waals surface area contributed by atoms with E-state index in [4.69, 9.17) is 0 Å². The zero-order valence-electron chi connectivity index (χ0n) is 10.5. The van der Waals surface area contributed by atoms with Gasteiger partial charge in [-0.3, -0.25) is 4.79 Å². The van der Waals surface area contributed by atoms with Crippen LogP contribution < -0.4 is 5.56 Å². The van der Waals surface area contributed by atoms with E-state index in [1.165, 1.54) is 4.68 Å². The lowest BCUT2D eigenvalue weighted by Gasteiger charge is -2.07. The fourth-order valence-corrected chi connectivity index (χ4v) is 2.38. The number of hydrogen-bond donors (Lipinski definition) is 0. The van der Waals surface area contributed by atoms with E-state index < -0.39 is 0 Å². The maximum absolute atomic E-state index is 12.5. The largest absolute Gasteiger partial charge is 0.279 e. The Morgan fingerprint density at radius 1 is 1.05 bits per heavy atom. The Balaban J connectivity index is 2.20. The fourth-order valence-electron chi connectivity index (χ4n) is 2.00. The lowest BCUT2D eigenvalue weighted by molar-refractivity contribution is 0.847. The van der Waals surface area contributed by atoms with Crippen LogP contribution in [-0.2, 0) is 0 Å². The molecule has 0 amide bonds. The SMILES string of the molecule is O=c1c2ccc(Br)cc2cnn1C1=C/C=C\C=C/C=C\1. The molecule has 1 aliphatic carbocycles. The maximum atomic E-state index is 12.5. The van der Waals surface area contributed by atoms with Gasteiger partial charge in [0.25, 0.3) is 5.56 Å². The first-order valence-corrected chi connectivity index (χ1v) is 6.95. The highest BCUT2D eigenvalue weighted by Gasteiger charge is 2.06. The molecule has 3 nitrogen and oxygen atoms in total. The van der Waals surface area contributed by atoms with Crippen LogP contribution in [0, 0.1) is 0 Å². The number of fused-ring (bicyclic) bond motifs is 1. The van der Waals surface area contributed by atoms with Crippen molar-refractivity contribution in [2.24, 2.45) is 0 Å². The molecule has 0 atom stereocenters. The highest BCUT2D eigenvalue weighted by atomic mass is 79.9. The summed E-state index contributed by atoms with van der Waals surface area (Å²) in [5.41, 5.74) is 0.615. The highest BCUT2D eigenvalue weighted by Crippen LogP contribution is 2.17. The van der Waals surface area contributed by atoms with Crippen molar-refractivity contribution in [3.8, 4) is 0 Å². The predicted molar refractivity (Wildman–Crippen MR) is 85.4 cm³/mol. The van der Waals surface area contributed by atoms with Crippen molar-refractivity contribution in [3.63, 3.8) is 0 Å². The summed E-state index contributed by atoms with van der Waals surface area (Å²) >= 11 is 3.40. The van der Waals surface area contributed by atoms with Crippen molar-refractivity contribution in [1.82, 2.24) is 9.78 Å². The van der Waals surface area contributed by atoms with Gasteiger partial charge in [0.15, 0.2) is 0 Å². The third-order valence-electron chi connectivity index (χ3n) is 2.97. The third-order valence-corrected chi connectivity index (χ3v) is 3.46. The zero-order chi connectivity index (χ0) is 13.9. The van der Waals surface area contributed by atoms with E-state index in [1.54, 1.807) is 6.20 Å². The molecular weight excluding hydrogens is 316 g/mol. The van der Waals surface area contributed by atoms with Crippen LogP contribution in [0.25, 0.3) is 16.5 Å². The molecule has 1 aliphatic rings. The van der Waals surface area contributed by atoms with Crippen LogP contribution in [0.4, 0.5) is 0 Å². The second kappa shape index (κ2) is 5.43. The number of aromatic nitrogens is 2. The van der Waals surface area contributed by atoms with Crippen molar-refractivity contribution in [1.29, 1.82) is 0 Å². The van der Waals surface area contributed by atoms with Crippen LogP contribution in [0.15, 0.2) is 76.2 Å². The van der Waals surface area contributed by atoms with Crippen molar-refractivity contribution in [2.45, 2.75) is 0 Å². The number of halogens is 1. The molecule has 0 spiro atoms. The molecular formula is C16H11BrN2O. The van der Waals surface area contributed by atoms with Crippen LogP contribution in [0.3, 0.4) is 0 Å². The molecule has 1 aromatic heterocycles. The van der Waals surface area contributed by atoms with Gasteiger partial charge in [-0.25, -0.2) is 0 Å². The zero-order valence-corrected chi connectivity index (χ0v) is 12.1. The normalized spacial score (nSPS) is 21.6. The summed E-state index contributed by atoms with van der Waals surface area (Å²) in [5.74, 6) is 0. The smallest absolute Gasteiger partial charge is 0.267 e. The van der Waals surface area contributed by atoms with Gasteiger partial charge in [0.1, 0.15) is 0 Å². The monoisotopic (exact) mass is 326 g/mol. The minimum Gasteiger partial charge on any atom is -0.267 e. The number of nitrogens with zero attached hydrogens (tertiary/aromatic N) is 2. The van der Waals surface area contributed by atoms with Crippen LogP contribution in [0.5, 0.6) is 0 Å². The Kier molecular flexibility index (Phi) is 3.48. The first kappa shape index (κ1) is 12.8. The molecule has 0 bridgehead atoms. The fraction of sp³-hybridized carbons (Fsp3) is 0. The average Bonchev–Trinajstić information content (AvgIpc) is 2.40. The summed E-state index contributed by atoms with van der Waals surface area (Å²) in [6, 6.07) is 5.56. The van der Waals surface area contributed by atoms with Crippen molar-refractivity contribution < 1.29 is 0 Å². The summed E-state index contributed by atoms with van der Waals surface area (Å²) in [6.45, 7) is 0. The quantitative estimate of drug-likeness (QED) is 0.801. The van der Waals surface area contributed by atoms with Gasteiger partial charge < -0.3 is 0 Å². The van der Waals surface area contributed by atoms with E-state index >= 15 is 0 Å². The van der Waals surface area contributed by atoms with Crippen molar-refractivity contribution in [2.75, 3.05) is 0 Å². The Labute approximate surface area is 124 Å². The van der Waals surface area contributed by atoms with E-state index in [2.05, 4.69) is 21.0 Å². The third kappa shape index (κ3) is 2.42. The van der Waals surface area contributed by atoms with E-state index in [1.807, 2.05) is 60.7 Å². The van der Waals surface area contributed by atoms with Gasteiger partial charge in [-0.05, 0) is 30.4 Å². The van der Waals surface area contributed by atoms with E-state index in [0.717, 1.165) is 15.6 Å².